The molecule has 2 aromatic rings. The molecular formula is C17H18O3. The molecule has 0 aliphatic rings. The van der Waals surface area contributed by atoms with Crippen molar-refractivity contribution in [3.05, 3.63) is 52.6 Å². The molecule has 0 spiro atoms. The Morgan fingerprint density at radius 1 is 0.950 bits per heavy atom. The molecule has 0 heterocycles. The lowest BCUT2D eigenvalue weighted by Crippen LogP contribution is -2.01. The maximum Gasteiger partial charge on any atom is 0.336 e. The molecule has 0 unspecified atom stereocenters. The number of hydrogen-bond donors (Lipinski definition) is 1. The number of rotatable bonds is 3. The number of ether oxygens (including phenoxy) is 1. The number of benzene rings is 2. The van der Waals surface area contributed by atoms with Crippen molar-refractivity contribution in [2.45, 2.75) is 20.8 Å². The van der Waals surface area contributed by atoms with E-state index in [0.717, 1.165) is 22.3 Å². The van der Waals surface area contributed by atoms with Crippen molar-refractivity contribution in [2.24, 2.45) is 0 Å². The molecule has 1 N–H and O–H groups in total. The number of methoxy groups -OCH3 is 1. The normalized spacial score (nSPS) is 10.4. The first kappa shape index (κ1) is 14.1. The topological polar surface area (TPSA) is 46.5 Å². The Morgan fingerprint density at radius 2 is 1.60 bits per heavy atom. The molecule has 0 bridgehead atoms. The molecule has 20 heavy (non-hydrogen) atoms. The largest absolute Gasteiger partial charge is 0.497 e. The van der Waals surface area contributed by atoms with Crippen LogP contribution in [0.25, 0.3) is 11.1 Å². The van der Waals surface area contributed by atoms with Crippen molar-refractivity contribution in [3.63, 3.8) is 0 Å². The van der Waals surface area contributed by atoms with E-state index in [0.29, 0.717) is 5.75 Å². The molecule has 0 radical (unpaired) electrons. The molecule has 2 aromatic carbocycles. The summed E-state index contributed by atoms with van der Waals surface area (Å²) in [4.78, 5) is 11.5. The number of hydrogen-bond acceptors (Lipinski definition) is 2. The third-order valence-corrected chi connectivity index (χ3v) is 3.59. The predicted octanol–water partition coefficient (Wildman–Crippen LogP) is 3.99. The highest BCUT2D eigenvalue weighted by molar-refractivity contribution is 5.97. The summed E-state index contributed by atoms with van der Waals surface area (Å²) >= 11 is 0. The summed E-state index contributed by atoms with van der Waals surface area (Å²) in [5.41, 5.74) is 5.36. The second-order valence-corrected chi connectivity index (χ2v) is 4.97. The van der Waals surface area contributed by atoms with Crippen LogP contribution in [0, 0.1) is 20.8 Å². The Kier molecular flexibility index (Phi) is 3.79. The van der Waals surface area contributed by atoms with Crippen molar-refractivity contribution < 1.29 is 14.6 Å². The highest BCUT2D eigenvalue weighted by Gasteiger charge is 2.15. The fourth-order valence-corrected chi connectivity index (χ4v) is 2.31. The highest BCUT2D eigenvalue weighted by Crippen LogP contribution is 2.31. The minimum Gasteiger partial charge on any atom is -0.497 e. The molecule has 0 saturated heterocycles. The van der Waals surface area contributed by atoms with Crippen molar-refractivity contribution in [1.82, 2.24) is 0 Å². The van der Waals surface area contributed by atoms with Crippen LogP contribution >= 0.6 is 0 Å². The van der Waals surface area contributed by atoms with Crippen LogP contribution in [-0.4, -0.2) is 18.2 Å². The molecule has 0 fully saturated rings. The summed E-state index contributed by atoms with van der Waals surface area (Å²) in [6.45, 7) is 6.08. The summed E-state index contributed by atoms with van der Waals surface area (Å²) in [6.07, 6.45) is 0. The summed E-state index contributed by atoms with van der Waals surface area (Å²) in [6, 6.07) is 9.28. The molecule has 0 saturated carbocycles. The second kappa shape index (κ2) is 5.37. The number of carboxylic acids is 1. The van der Waals surface area contributed by atoms with E-state index in [9.17, 15) is 9.90 Å². The lowest BCUT2D eigenvalue weighted by molar-refractivity contribution is 0.0697. The summed E-state index contributed by atoms with van der Waals surface area (Å²) in [5, 5.41) is 9.41. The lowest BCUT2D eigenvalue weighted by atomic mass is 9.92. The van der Waals surface area contributed by atoms with Gasteiger partial charge < -0.3 is 9.84 Å². The van der Waals surface area contributed by atoms with Gasteiger partial charge in [-0.05, 0) is 66.8 Å². The highest BCUT2D eigenvalue weighted by atomic mass is 16.5. The van der Waals surface area contributed by atoms with E-state index in [4.69, 9.17) is 4.74 Å². The Morgan fingerprint density at radius 3 is 2.20 bits per heavy atom. The van der Waals surface area contributed by atoms with Crippen molar-refractivity contribution >= 4 is 5.97 Å². The van der Waals surface area contributed by atoms with Crippen LogP contribution in [0.4, 0.5) is 0 Å². The third-order valence-electron chi connectivity index (χ3n) is 3.59. The Balaban J connectivity index is 2.69. The SMILES string of the molecule is COc1ccc(-c2cc(C)c(C)cc2C)c(C(=O)O)c1. The van der Waals surface area contributed by atoms with Gasteiger partial charge in [-0.15, -0.1) is 0 Å². The number of carboxylic acid groups (broad SMARTS) is 1. The quantitative estimate of drug-likeness (QED) is 0.917. The molecule has 104 valence electrons. The minimum absolute atomic E-state index is 0.260. The molecule has 0 amide bonds. The number of carbonyl (C=O) groups is 1. The van der Waals surface area contributed by atoms with E-state index in [1.165, 1.54) is 12.7 Å². The molecule has 0 aliphatic carbocycles. The Bertz CT molecular complexity index is 672. The van der Waals surface area contributed by atoms with Gasteiger partial charge in [-0.3, -0.25) is 0 Å². The van der Waals surface area contributed by atoms with Gasteiger partial charge in [0.05, 0.1) is 12.7 Å². The predicted molar refractivity (Wildman–Crippen MR) is 79.6 cm³/mol. The van der Waals surface area contributed by atoms with Gasteiger partial charge >= 0.3 is 5.97 Å². The zero-order chi connectivity index (χ0) is 14.9. The average Bonchev–Trinajstić information content (AvgIpc) is 2.42. The van der Waals surface area contributed by atoms with Crippen molar-refractivity contribution in [2.75, 3.05) is 7.11 Å². The molecule has 3 nitrogen and oxygen atoms in total. The molecule has 0 aliphatic heterocycles. The van der Waals surface area contributed by atoms with Gasteiger partial charge in [0.1, 0.15) is 5.75 Å². The van der Waals surface area contributed by atoms with Crippen molar-refractivity contribution in [3.8, 4) is 16.9 Å². The first-order valence-electron chi connectivity index (χ1n) is 6.43. The smallest absolute Gasteiger partial charge is 0.336 e. The summed E-state index contributed by atoms with van der Waals surface area (Å²) in [7, 11) is 1.53. The number of aromatic carboxylic acids is 1. The zero-order valence-electron chi connectivity index (χ0n) is 12.2. The van der Waals surface area contributed by atoms with E-state index < -0.39 is 5.97 Å². The van der Waals surface area contributed by atoms with Gasteiger partial charge in [-0.25, -0.2) is 4.79 Å². The summed E-state index contributed by atoms with van der Waals surface area (Å²) in [5.74, 6) is -0.399. The minimum atomic E-state index is -0.948. The van der Waals surface area contributed by atoms with Gasteiger partial charge in [0.2, 0.25) is 0 Å². The van der Waals surface area contributed by atoms with Gasteiger partial charge in [-0.2, -0.15) is 0 Å². The average molecular weight is 270 g/mol. The van der Waals surface area contributed by atoms with E-state index in [2.05, 4.69) is 13.0 Å². The zero-order valence-corrected chi connectivity index (χ0v) is 12.2. The van der Waals surface area contributed by atoms with Crippen LogP contribution in [-0.2, 0) is 0 Å². The third kappa shape index (κ3) is 2.52. The maximum atomic E-state index is 11.5. The molecule has 2 rings (SSSR count). The van der Waals surface area contributed by atoms with E-state index >= 15 is 0 Å². The van der Waals surface area contributed by atoms with Crippen LogP contribution < -0.4 is 4.74 Å². The molecular weight excluding hydrogens is 252 g/mol. The lowest BCUT2D eigenvalue weighted by Gasteiger charge is -2.13. The van der Waals surface area contributed by atoms with Crippen LogP contribution in [0.3, 0.4) is 0 Å². The second-order valence-electron chi connectivity index (χ2n) is 4.97. The van der Waals surface area contributed by atoms with Crippen LogP contribution in [0.1, 0.15) is 27.0 Å². The Hall–Kier alpha value is -2.29. The van der Waals surface area contributed by atoms with E-state index in [-0.39, 0.29) is 5.56 Å². The molecule has 0 aromatic heterocycles. The first-order chi connectivity index (χ1) is 9.43. The van der Waals surface area contributed by atoms with Crippen LogP contribution in [0.2, 0.25) is 0 Å². The summed E-state index contributed by atoms with van der Waals surface area (Å²) < 4.78 is 5.11. The van der Waals surface area contributed by atoms with Gasteiger partial charge in [0, 0.05) is 0 Å². The standard InChI is InChI=1S/C17H18O3/c1-10-7-12(3)15(8-11(10)2)14-6-5-13(20-4)9-16(14)17(18)19/h5-9H,1-4H3,(H,18,19). The maximum absolute atomic E-state index is 11.5. The van der Waals surface area contributed by atoms with Gasteiger partial charge in [0.15, 0.2) is 0 Å². The van der Waals surface area contributed by atoms with E-state index in [1.807, 2.05) is 19.9 Å². The van der Waals surface area contributed by atoms with Crippen molar-refractivity contribution in [1.29, 1.82) is 0 Å². The molecule has 3 heteroatoms. The fraction of sp³-hybridized carbons (Fsp3) is 0.235. The van der Waals surface area contributed by atoms with E-state index in [1.54, 1.807) is 18.2 Å². The van der Waals surface area contributed by atoms with Gasteiger partial charge in [0.25, 0.3) is 0 Å². The monoisotopic (exact) mass is 270 g/mol. The Labute approximate surface area is 118 Å². The van der Waals surface area contributed by atoms with Gasteiger partial charge in [-0.1, -0.05) is 12.1 Å². The number of aryl methyl sites for hydroxylation is 3. The van der Waals surface area contributed by atoms with Crippen LogP contribution in [0.5, 0.6) is 5.75 Å². The fourth-order valence-electron chi connectivity index (χ4n) is 2.31. The molecule has 0 atom stereocenters. The first-order valence-corrected chi connectivity index (χ1v) is 6.43. The van der Waals surface area contributed by atoms with Crippen LogP contribution in [0.15, 0.2) is 30.3 Å².